The van der Waals surface area contributed by atoms with Gasteiger partial charge in [0.2, 0.25) is 9.84 Å². The van der Waals surface area contributed by atoms with E-state index >= 15 is 0 Å². The van der Waals surface area contributed by atoms with Gasteiger partial charge in [-0.2, -0.15) is 0 Å². The number of halogens is 1. The second-order valence-electron chi connectivity index (χ2n) is 6.01. The molecule has 3 rings (SSSR count). The van der Waals surface area contributed by atoms with Crippen molar-refractivity contribution < 1.29 is 17.6 Å². The minimum Gasteiger partial charge on any atom is -0.294 e. The Morgan fingerprint density at radius 1 is 0.815 bits per heavy atom. The molecule has 0 amide bonds. The fourth-order valence-electron chi connectivity index (χ4n) is 2.64. The van der Waals surface area contributed by atoms with Gasteiger partial charge in [-0.1, -0.05) is 54.6 Å². The van der Waals surface area contributed by atoms with E-state index in [0.29, 0.717) is 0 Å². The molecule has 0 spiro atoms. The quantitative estimate of drug-likeness (QED) is 0.461. The molecule has 0 aliphatic rings. The highest BCUT2D eigenvalue weighted by Gasteiger charge is 2.22. The first-order valence-electron chi connectivity index (χ1n) is 8.27. The molecular formula is C22H17FO3S. The van der Waals surface area contributed by atoms with Gasteiger partial charge in [-0.25, -0.2) is 12.8 Å². The lowest BCUT2D eigenvalue weighted by Crippen LogP contribution is -2.08. The van der Waals surface area contributed by atoms with Crippen molar-refractivity contribution in [2.75, 3.05) is 0 Å². The smallest absolute Gasteiger partial charge is 0.207 e. The van der Waals surface area contributed by atoms with Crippen LogP contribution in [0.2, 0.25) is 0 Å². The van der Waals surface area contributed by atoms with Crippen LogP contribution in [0, 0.1) is 5.82 Å². The second-order valence-corrected chi connectivity index (χ2v) is 7.93. The molecule has 5 heteroatoms. The molecule has 0 saturated heterocycles. The van der Waals surface area contributed by atoms with Crippen LogP contribution in [0.3, 0.4) is 0 Å². The Bertz CT molecular complexity index is 1100. The van der Waals surface area contributed by atoms with E-state index in [9.17, 15) is 17.6 Å². The molecule has 27 heavy (non-hydrogen) atoms. The van der Waals surface area contributed by atoms with Crippen LogP contribution in [0.15, 0.2) is 82.6 Å². The number of carbonyl (C=O) groups is 1. The number of hydrogen-bond acceptors (Lipinski definition) is 3. The highest BCUT2D eigenvalue weighted by molar-refractivity contribution is 7.91. The molecule has 3 aromatic rings. The standard InChI is InChI=1S/C22H17FO3S/c1-16(24)21-4-2-3-5-22(21)27(25,26)20-14-10-18(11-15-20)7-6-17-8-12-19(23)13-9-17/h2-15H,1H3. The summed E-state index contributed by atoms with van der Waals surface area (Å²) in [7, 11) is -3.79. The van der Waals surface area contributed by atoms with E-state index in [2.05, 4.69) is 0 Å². The van der Waals surface area contributed by atoms with Crippen LogP contribution < -0.4 is 0 Å². The fourth-order valence-corrected chi connectivity index (χ4v) is 4.15. The zero-order chi connectivity index (χ0) is 19.4. The maximum Gasteiger partial charge on any atom is 0.207 e. The van der Waals surface area contributed by atoms with Gasteiger partial charge in [0.15, 0.2) is 5.78 Å². The van der Waals surface area contributed by atoms with Gasteiger partial charge >= 0.3 is 0 Å². The van der Waals surface area contributed by atoms with E-state index in [0.717, 1.165) is 11.1 Å². The maximum atomic E-state index is 12.9. The van der Waals surface area contributed by atoms with Gasteiger partial charge in [-0.15, -0.1) is 0 Å². The third kappa shape index (κ3) is 4.20. The molecule has 0 saturated carbocycles. The van der Waals surface area contributed by atoms with Crippen LogP contribution in [0.4, 0.5) is 4.39 Å². The van der Waals surface area contributed by atoms with Crippen LogP contribution in [0.25, 0.3) is 12.2 Å². The van der Waals surface area contributed by atoms with Gasteiger partial charge in [0.25, 0.3) is 0 Å². The van der Waals surface area contributed by atoms with E-state index in [1.165, 1.54) is 43.3 Å². The summed E-state index contributed by atoms with van der Waals surface area (Å²) in [6, 6.07) is 18.6. The Morgan fingerprint density at radius 3 is 1.89 bits per heavy atom. The summed E-state index contributed by atoms with van der Waals surface area (Å²) in [6.07, 6.45) is 3.63. The summed E-state index contributed by atoms with van der Waals surface area (Å²) in [4.78, 5) is 11.9. The molecule has 136 valence electrons. The molecule has 0 atom stereocenters. The monoisotopic (exact) mass is 380 g/mol. The van der Waals surface area contributed by atoms with Crippen molar-refractivity contribution in [2.24, 2.45) is 0 Å². The molecule has 0 radical (unpaired) electrons. The van der Waals surface area contributed by atoms with Crippen molar-refractivity contribution >= 4 is 27.8 Å². The molecule has 0 aliphatic heterocycles. The number of sulfone groups is 1. The van der Waals surface area contributed by atoms with Gasteiger partial charge in [0.05, 0.1) is 9.79 Å². The highest BCUT2D eigenvalue weighted by atomic mass is 32.2. The van der Waals surface area contributed by atoms with Crippen molar-refractivity contribution in [2.45, 2.75) is 16.7 Å². The summed E-state index contributed by atoms with van der Waals surface area (Å²) in [5, 5.41) is 0. The van der Waals surface area contributed by atoms with Crippen LogP contribution in [-0.2, 0) is 9.84 Å². The summed E-state index contributed by atoms with van der Waals surface area (Å²) in [5.74, 6) is -0.597. The Morgan fingerprint density at radius 2 is 1.33 bits per heavy atom. The van der Waals surface area contributed by atoms with Gasteiger partial charge in [-0.05, 0) is 48.4 Å². The first kappa shape index (κ1) is 18.7. The van der Waals surface area contributed by atoms with Crippen LogP contribution in [0.5, 0.6) is 0 Å². The SMILES string of the molecule is CC(=O)c1ccccc1S(=O)(=O)c1ccc(C=Cc2ccc(F)cc2)cc1. The van der Waals surface area contributed by atoms with Crippen molar-refractivity contribution in [1.82, 2.24) is 0 Å². The number of ketones is 1. The van der Waals surface area contributed by atoms with Crippen LogP contribution >= 0.6 is 0 Å². The topological polar surface area (TPSA) is 51.2 Å². The average Bonchev–Trinajstić information content (AvgIpc) is 2.68. The highest BCUT2D eigenvalue weighted by Crippen LogP contribution is 2.25. The van der Waals surface area contributed by atoms with Gasteiger partial charge in [0.1, 0.15) is 5.82 Å². The molecule has 3 aromatic carbocycles. The predicted molar refractivity (Wildman–Crippen MR) is 104 cm³/mol. The molecule has 0 heterocycles. The lowest BCUT2D eigenvalue weighted by atomic mass is 10.1. The number of benzene rings is 3. The number of carbonyl (C=O) groups excluding carboxylic acids is 1. The Kier molecular flexibility index (Phi) is 5.33. The number of rotatable bonds is 5. The third-order valence-corrected chi connectivity index (χ3v) is 5.91. The molecule has 0 aliphatic carbocycles. The third-order valence-electron chi connectivity index (χ3n) is 4.08. The summed E-state index contributed by atoms with van der Waals surface area (Å²) < 4.78 is 38.7. The first-order chi connectivity index (χ1) is 12.9. The fraction of sp³-hybridized carbons (Fsp3) is 0.0455. The van der Waals surface area contributed by atoms with Gasteiger partial charge in [-0.3, -0.25) is 4.79 Å². The molecule has 0 bridgehead atoms. The molecule has 0 unspecified atom stereocenters. The predicted octanol–water partition coefficient (Wildman–Crippen LogP) is 5.03. The first-order valence-corrected chi connectivity index (χ1v) is 9.75. The molecule has 0 aromatic heterocycles. The largest absolute Gasteiger partial charge is 0.294 e. The van der Waals surface area contributed by atoms with Crippen molar-refractivity contribution in [3.8, 4) is 0 Å². The molecule has 3 nitrogen and oxygen atoms in total. The second kappa shape index (κ2) is 7.68. The zero-order valence-electron chi connectivity index (χ0n) is 14.6. The van der Waals surface area contributed by atoms with E-state index in [-0.39, 0.29) is 27.0 Å². The van der Waals surface area contributed by atoms with Crippen molar-refractivity contribution in [1.29, 1.82) is 0 Å². The van der Waals surface area contributed by atoms with Gasteiger partial charge < -0.3 is 0 Å². The lowest BCUT2D eigenvalue weighted by molar-refractivity contribution is 0.101. The van der Waals surface area contributed by atoms with E-state index < -0.39 is 9.84 Å². The normalized spacial score (nSPS) is 11.6. The lowest BCUT2D eigenvalue weighted by Gasteiger charge is -2.08. The molecular weight excluding hydrogens is 363 g/mol. The van der Waals surface area contributed by atoms with Crippen molar-refractivity contribution in [3.63, 3.8) is 0 Å². The summed E-state index contributed by atoms with van der Waals surface area (Å²) in [5.41, 5.74) is 1.82. The zero-order valence-corrected chi connectivity index (χ0v) is 15.4. The number of Topliss-reactive ketones (excluding diaryl/α,β-unsaturated/α-hetero) is 1. The maximum absolute atomic E-state index is 12.9. The Balaban J connectivity index is 1.89. The molecule has 0 N–H and O–H groups in total. The molecule has 0 fully saturated rings. The van der Waals surface area contributed by atoms with Gasteiger partial charge in [0, 0.05) is 5.56 Å². The van der Waals surface area contributed by atoms with E-state index in [1.807, 2.05) is 12.2 Å². The van der Waals surface area contributed by atoms with Crippen LogP contribution in [0.1, 0.15) is 28.4 Å². The Hall–Kier alpha value is -3.05. The Labute approximate surface area is 157 Å². The minimum atomic E-state index is -3.79. The summed E-state index contributed by atoms with van der Waals surface area (Å²) >= 11 is 0. The average molecular weight is 380 g/mol. The number of hydrogen-bond donors (Lipinski definition) is 0. The summed E-state index contributed by atoms with van der Waals surface area (Å²) in [6.45, 7) is 1.34. The minimum absolute atomic E-state index is 0.00658. The van der Waals surface area contributed by atoms with Crippen LogP contribution in [-0.4, -0.2) is 14.2 Å². The van der Waals surface area contributed by atoms with Crippen molar-refractivity contribution in [3.05, 3.63) is 95.3 Å². The van der Waals surface area contributed by atoms with E-state index in [1.54, 1.807) is 36.4 Å². The van der Waals surface area contributed by atoms with E-state index in [4.69, 9.17) is 0 Å².